The van der Waals surface area contributed by atoms with Crippen LogP contribution in [-0.4, -0.2) is 69.0 Å². The third-order valence-corrected chi connectivity index (χ3v) is 9.10. The lowest BCUT2D eigenvalue weighted by Crippen LogP contribution is -2.35. The first-order valence-electron chi connectivity index (χ1n) is 13.5. The topological polar surface area (TPSA) is 259 Å². The Morgan fingerprint density at radius 3 is 1.33 bits per heavy atom. The highest BCUT2D eigenvalue weighted by Crippen LogP contribution is 2.27. The molecule has 0 saturated heterocycles. The van der Waals surface area contributed by atoms with Crippen LogP contribution in [0.5, 0.6) is 0 Å². The largest absolute Gasteiger partial charge is 0.333 e. The third-order valence-electron chi connectivity index (χ3n) is 4.68. The van der Waals surface area contributed by atoms with Gasteiger partial charge in [0, 0.05) is 17.8 Å². The van der Waals surface area contributed by atoms with E-state index in [0.717, 1.165) is 6.26 Å². The van der Waals surface area contributed by atoms with Gasteiger partial charge in [0.25, 0.3) is 10.0 Å². The molecule has 0 heterocycles. The highest BCUT2D eigenvalue weighted by Gasteiger charge is 2.37. The fourth-order valence-electron chi connectivity index (χ4n) is 2.20. The fourth-order valence-corrected chi connectivity index (χ4v) is 5.91. The van der Waals surface area contributed by atoms with Gasteiger partial charge in [-0.3, -0.25) is 28.0 Å². The van der Waals surface area contributed by atoms with E-state index in [4.69, 9.17) is 0 Å². The lowest BCUT2D eigenvalue weighted by molar-refractivity contribution is -0.123. The SMILES string of the molecule is CC(C)C(=O)NS(=O)(=O)C1CC1.CC(C)C(=O)NS(=O)(=O)c1ccccc1.CC(C)C(=O)NS(C)(=O)=O.CC(C)OS(N)(=O)=O. The zero-order valence-corrected chi connectivity index (χ0v) is 30.1. The molecule has 1 saturated carbocycles. The molecule has 3 amide bonds. The molecule has 1 aromatic carbocycles. The minimum Gasteiger partial charge on any atom is -0.274 e. The maximum Gasteiger partial charge on any atom is 0.333 e. The molecule has 262 valence electrons. The number of carbonyl (C=O) groups excluding carboxylic acids is 3. The lowest BCUT2D eigenvalue weighted by Gasteiger charge is -2.08. The number of nitrogens with one attached hydrogen (secondary N) is 3. The smallest absolute Gasteiger partial charge is 0.274 e. The average Bonchev–Trinajstić information content (AvgIpc) is 3.69. The summed E-state index contributed by atoms with van der Waals surface area (Å²) in [7, 11) is -14.1. The predicted octanol–water partition coefficient (Wildman–Crippen LogP) is 0.731. The molecular formula is C25H46N4O12S4. The van der Waals surface area contributed by atoms with Crippen molar-refractivity contribution in [3.63, 3.8) is 0 Å². The van der Waals surface area contributed by atoms with Crippen LogP contribution >= 0.6 is 0 Å². The molecule has 5 N–H and O–H groups in total. The zero-order valence-electron chi connectivity index (χ0n) is 26.8. The van der Waals surface area contributed by atoms with Crippen molar-refractivity contribution in [3.05, 3.63) is 30.3 Å². The second-order valence-corrected chi connectivity index (χ2v) is 17.4. The van der Waals surface area contributed by atoms with Gasteiger partial charge in [0.05, 0.1) is 22.5 Å². The summed E-state index contributed by atoms with van der Waals surface area (Å²) in [6.45, 7) is 13.0. The molecule has 1 aliphatic carbocycles. The number of sulfonamides is 3. The summed E-state index contributed by atoms with van der Waals surface area (Å²) in [6, 6.07) is 7.80. The van der Waals surface area contributed by atoms with Crippen molar-refractivity contribution in [2.75, 3.05) is 6.26 Å². The Morgan fingerprint density at radius 2 is 1.07 bits per heavy atom. The average molecular weight is 723 g/mol. The molecule has 1 aliphatic rings. The normalized spacial score (nSPS) is 13.4. The quantitative estimate of drug-likeness (QED) is 0.261. The Balaban J connectivity index is 0. The van der Waals surface area contributed by atoms with Crippen molar-refractivity contribution in [3.8, 4) is 0 Å². The van der Waals surface area contributed by atoms with Crippen molar-refractivity contribution in [1.82, 2.24) is 14.2 Å². The monoisotopic (exact) mass is 722 g/mol. The summed E-state index contributed by atoms with van der Waals surface area (Å²) in [6.07, 6.45) is 1.94. The van der Waals surface area contributed by atoms with Gasteiger partial charge in [-0.25, -0.2) is 35.1 Å². The van der Waals surface area contributed by atoms with Gasteiger partial charge in [-0.2, -0.15) is 8.42 Å². The first-order valence-corrected chi connectivity index (χ1v) is 19.9. The fraction of sp³-hybridized carbons (Fsp3) is 0.640. The number of rotatable bonds is 10. The molecule has 0 spiro atoms. The van der Waals surface area contributed by atoms with Crippen LogP contribution in [-0.2, 0) is 58.9 Å². The van der Waals surface area contributed by atoms with Crippen LogP contribution in [0.3, 0.4) is 0 Å². The van der Waals surface area contributed by atoms with Gasteiger partial charge >= 0.3 is 10.3 Å². The molecule has 0 atom stereocenters. The Labute approximate surface area is 267 Å². The van der Waals surface area contributed by atoms with E-state index in [-0.39, 0.29) is 34.0 Å². The zero-order chi connectivity index (χ0) is 36.0. The van der Waals surface area contributed by atoms with Gasteiger partial charge < -0.3 is 0 Å². The van der Waals surface area contributed by atoms with Crippen LogP contribution in [0.1, 0.15) is 68.2 Å². The van der Waals surface area contributed by atoms with E-state index >= 15 is 0 Å². The number of amides is 3. The summed E-state index contributed by atoms with van der Waals surface area (Å²) in [4.78, 5) is 33.0. The van der Waals surface area contributed by atoms with Crippen LogP contribution in [0.4, 0.5) is 0 Å². The lowest BCUT2D eigenvalue weighted by atomic mass is 10.2. The van der Waals surface area contributed by atoms with Crippen molar-refractivity contribution in [2.45, 2.75) is 84.5 Å². The number of carbonyl (C=O) groups is 3. The Bertz CT molecular complexity index is 1540. The van der Waals surface area contributed by atoms with E-state index in [1.807, 2.05) is 9.44 Å². The first-order chi connectivity index (χ1) is 20.1. The van der Waals surface area contributed by atoms with Crippen LogP contribution in [0, 0.1) is 17.8 Å². The molecule has 1 aromatic rings. The third kappa shape index (κ3) is 23.4. The second kappa shape index (κ2) is 19.1. The van der Waals surface area contributed by atoms with E-state index in [0.29, 0.717) is 12.8 Å². The van der Waals surface area contributed by atoms with Gasteiger partial charge in [0.1, 0.15) is 0 Å². The molecule has 0 bridgehead atoms. The highest BCUT2D eigenvalue weighted by atomic mass is 32.2. The molecule has 16 nitrogen and oxygen atoms in total. The highest BCUT2D eigenvalue weighted by molar-refractivity contribution is 7.91. The number of hydrogen-bond acceptors (Lipinski definition) is 12. The van der Waals surface area contributed by atoms with E-state index in [9.17, 15) is 48.1 Å². The van der Waals surface area contributed by atoms with E-state index in [1.54, 1.807) is 73.6 Å². The molecule has 0 aliphatic heterocycles. The summed E-state index contributed by atoms with van der Waals surface area (Å²) < 4.78 is 96.5. The maximum absolute atomic E-state index is 11.6. The van der Waals surface area contributed by atoms with E-state index < -0.39 is 58.1 Å². The molecule has 2 rings (SSSR count). The Morgan fingerprint density at radius 1 is 0.689 bits per heavy atom. The number of hydrogen-bond donors (Lipinski definition) is 4. The maximum atomic E-state index is 11.6. The van der Waals surface area contributed by atoms with Crippen molar-refractivity contribution in [2.24, 2.45) is 22.9 Å². The minimum atomic E-state index is -3.72. The number of benzene rings is 1. The Hall–Kier alpha value is -2.65. The standard InChI is InChI=1S/C10H13NO3S.C7H13NO3S.C5H11NO3S.C3H9NO3S/c1-8(2)10(12)11-15(13,14)9-6-4-3-5-7-9;1-5(2)7(9)8-12(10,11)6-3-4-6;1-4(2)5(7)6-10(3,8)9;1-3(2)7-8(4,5)6/h3-8H,1-2H3,(H,11,12);5-6H,3-4H2,1-2H3,(H,8,9);4H,1-3H3,(H,6,7);3H,1-2H3,(H2,4,5,6). The van der Waals surface area contributed by atoms with Crippen LogP contribution < -0.4 is 19.3 Å². The van der Waals surface area contributed by atoms with Gasteiger partial charge in [-0.1, -0.05) is 59.7 Å². The van der Waals surface area contributed by atoms with Gasteiger partial charge in [-0.05, 0) is 38.8 Å². The molecule has 0 radical (unpaired) electrons. The first kappa shape index (κ1) is 44.5. The molecular weight excluding hydrogens is 677 g/mol. The van der Waals surface area contributed by atoms with Gasteiger partial charge in [0.2, 0.25) is 37.8 Å². The summed E-state index contributed by atoms with van der Waals surface area (Å²) in [5.74, 6) is -2.32. The van der Waals surface area contributed by atoms with Crippen LogP contribution in [0.15, 0.2) is 35.2 Å². The summed E-state index contributed by atoms with van der Waals surface area (Å²) >= 11 is 0. The van der Waals surface area contributed by atoms with Gasteiger partial charge in [-0.15, -0.1) is 0 Å². The van der Waals surface area contributed by atoms with E-state index in [2.05, 4.69) is 14.0 Å². The molecule has 45 heavy (non-hydrogen) atoms. The van der Waals surface area contributed by atoms with Crippen molar-refractivity contribution in [1.29, 1.82) is 0 Å². The molecule has 0 aromatic heterocycles. The Kier molecular flexibility index (Phi) is 18.9. The van der Waals surface area contributed by atoms with Crippen LogP contribution in [0.25, 0.3) is 0 Å². The van der Waals surface area contributed by atoms with E-state index in [1.165, 1.54) is 12.1 Å². The van der Waals surface area contributed by atoms with Crippen molar-refractivity contribution >= 4 is 58.1 Å². The number of nitrogens with two attached hydrogens (primary N) is 1. The molecule has 20 heteroatoms. The molecule has 1 fully saturated rings. The minimum absolute atomic E-state index is 0.0963. The van der Waals surface area contributed by atoms with Gasteiger partial charge in [0.15, 0.2) is 0 Å². The summed E-state index contributed by atoms with van der Waals surface area (Å²) in [5, 5.41) is 4.17. The second-order valence-electron chi connectivity index (χ2n) is 10.8. The van der Waals surface area contributed by atoms with Crippen LogP contribution in [0.2, 0.25) is 0 Å². The summed E-state index contributed by atoms with van der Waals surface area (Å²) in [5.41, 5.74) is 0. The van der Waals surface area contributed by atoms with Crippen molar-refractivity contribution < 1.29 is 52.2 Å². The molecule has 0 unspecified atom stereocenters. The predicted molar refractivity (Wildman–Crippen MR) is 169 cm³/mol.